The Bertz CT molecular complexity index is 253. The number of aliphatic hydroxyl groups is 1. The van der Waals surface area contributed by atoms with E-state index < -0.39 is 12.6 Å². The molecule has 0 spiro atoms. The molecule has 0 rings (SSSR count). The Hall–Kier alpha value is 0.430. The van der Waals surface area contributed by atoms with Gasteiger partial charge in [-0.3, -0.25) is 0 Å². The van der Waals surface area contributed by atoms with Crippen LogP contribution in [-0.2, 0) is 9.53 Å². The van der Waals surface area contributed by atoms with Gasteiger partial charge in [0.2, 0.25) is 0 Å². The smallest absolute Gasteiger partial charge is 1.00 e. The minimum Gasteiger partial charge on any atom is -1.00 e. The maximum absolute atomic E-state index is 10.7. The van der Waals surface area contributed by atoms with E-state index in [1.165, 1.54) is 89.9 Å². The summed E-state index contributed by atoms with van der Waals surface area (Å²) in [5.74, 6) is -0.508. The molecule has 24 heavy (non-hydrogen) atoms. The summed E-state index contributed by atoms with van der Waals surface area (Å²) >= 11 is 0. The fraction of sp³-hybridized carbons (Fsp3) is 0.950. The van der Waals surface area contributed by atoms with Crippen LogP contribution in [0.3, 0.4) is 0 Å². The first-order valence-corrected chi connectivity index (χ1v) is 10.1. The van der Waals surface area contributed by atoms with Crippen LogP contribution in [0, 0.1) is 0 Å². The molecule has 0 amide bonds. The molecule has 0 fully saturated rings. The van der Waals surface area contributed by atoms with Crippen molar-refractivity contribution in [2.45, 2.75) is 110 Å². The first kappa shape index (κ1) is 26.7. The zero-order chi connectivity index (χ0) is 17.0. The standard InChI is InChI=1S/C20H40O3.Na.H/c1-2-3-4-5-6-7-8-9-10-11-12-13-14-15-16-17-18-23-20(22)19-21;;/h21H,2-19H2,1H3;;/q;+1;-1. The van der Waals surface area contributed by atoms with Gasteiger partial charge in [-0.05, 0) is 6.42 Å². The van der Waals surface area contributed by atoms with E-state index in [2.05, 4.69) is 6.92 Å². The average molecular weight is 353 g/mol. The number of hydrogen-bond donors (Lipinski definition) is 1. The second-order valence-electron chi connectivity index (χ2n) is 6.68. The zero-order valence-corrected chi connectivity index (χ0v) is 18.5. The Balaban J connectivity index is -0.00000242. The van der Waals surface area contributed by atoms with Gasteiger partial charge in [-0.15, -0.1) is 0 Å². The normalized spacial score (nSPS) is 10.4. The number of rotatable bonds is 18. The van der Waals surface area contributed by atoms with Gasteiger partial charge in [0, 0.05) is 0 Å². The van der Waals surface area contributed by atoms with Gasteiger partial charge in [-0.25, -0.2) is 4.79 Å². The molecule has 0 saturated heterocycles. The summed E-state index contributed by atoms with van der Waals surface area (Å²) in [4.78, 5) is 10.7. The molecule has 140 valence electrons. The number of ether oxygens (including phenoxy) is 1. The van der Waals surface area contributed by atoms with Crippen molar-refractivity contribution in [1.29, 1.82) is 0 Å². The van der Waals surface area contributed by atoms with Gasteiger partial charge in [-0.2, -0.15) is 0 Å². The SMILES string of the molecule is CCCCCCCCCCCCCCCCCCOC(=O)CO.[H-].[Na+]. The van der Waals surface area contributed by atoms with Crippen LogP contribution in [0.25, 0.3) is 0 Å². The average Bonchev–Trinajstić information content (AvgIpc) is 2.57. The van der Waals surface area contributed by atoms with Crippen LogP contribution in [0.4, 0.5) is 0 Å². The van der Waals surface area contributed by atoms with Gasteiger partial charge in [0.25, 0.3) is 0 Å². The van der Waals surface area contributed by atoms with Crippen LogP contribution in [-0.4, -0.2) is 24.3 Å². The summed E-state index contributed by atoms with van der Waals surface area (Å²) in [5, 5.41) is 8.50. The Morgan fingerprint density at radius 3 is 1.38 bits per heavy atom. The third-order valence-corrected chi connectivity index (χ3v) is 4.39. The molecule has 0 aromatic heterocycles. The summed E-state index contributed by atoms with van der Waals surface area (Å²) in [6.07, 6.45) is 21.4. The summed E-state index contributed by atoms with van der Waals surface area (Å²) in [6.45, 7) is 2.23. The van der Waals surface area contributed by atoms with Crippen molar-refractivity contribution < 1.29 is 45.6 Å². The van der Waals surface area contributed by atoms with Crippen LogP contribution in [0.5, 0.6) is 0 Å². The van der Waals surface area contributed by atoms with E-state index in [0.717, 1.165) is 12.8 Å². The molecule has 0 aliphatic carbocycles. The molecule has 0 aliphatic rings. The summed E-state index contributed by atoms with van der Waals surface area (Å²) in [5.41, 5.74) is 0. The third kappa shape index (κ3) is 22.4. The van der Waals surface area contributed by atoms with Gasteiger partial charge in [-0.1, -0.05) is 103 Å². The predicted octanol–water partition coefficient (Wildman–Crippen LogP) is 2.90. The predicted molar refractivity (Wildman–Crippen MR) is 98.7 cm³/mol. The van der Waals surface area contributed by atoms with Crippen molar-refractivity contribution in [3.05, 3.63) is 0 Å². The monoisotopic (exact) mass is 352 g/mol. The number of carbonyl (C=O) groups excluding carboxylic acids is 1. The number of esters is 1. The molecule has 0 aliphatic heterocycles. The Kier molecular flexibility index (Phi) is 26.0. The van der Waals surface area contributed by atoms with E-state index in [9.17, 15) is 4.79 Å². The van der Waals surface area contributed by atoms with Gasteiger partial charge in [0.1, 0.15) is 6.61 Å². The Morgan fingerprint density at radius 2 is 1.04 bits per heavy atom. The van der Waals surface area contributed by atoms with Gasteiger partial charge in [0.15, 0.2) is 0 Å². The summed E-state index contributed by atoms with van der Waals surface area (Å²) in [6, 6.07) is 0. The van der Waals surface area contributed by atoms with Crippen molar-refractivity contribution in [3.8, 4) is 0 Å². The molecule has 0 atom stereocenters. The third-order valence-electron chi connectivity index (χ3n) is 4.39. The zero-order valence-electron chi connectivity index (χ0n) is 17.5. The van der Waals surface area contributed by atoms with Gasteiger partial charge in [0.05, 0.1) is 6.61 Å². The minimum atomic E-state index is -0.508. The molecule has 4 heteroatoms. The molecule has 0 radical (unpaired) electrons. The molecule has 0 heterocycles. The van der Waals surface area contributed by atoms with Crippen LogP contribution >= 0.6 is 0 Å². The minimum absolute atomic E-state index is 0. The van der Waals surface area contributed by atoms with Crippen LogP contribution in [0.2, 0.25) is 0 Å². The van der Waals surface area contributed by atoms with Gasteiger partial charge >= 0.3 is 35.5 Å². The summed E-state index contributed by atoms with van der Waals surface area (Å²) < 4.78 is 4.82. The molecular weight excluding hydrogens is 311 g/mol. The largest absolute Gasteiger partial charge is 1.00 e. The first-order valence-electron chi connectivity index (χ1n) is 10.1. The molecule has 0 aromatic carbocycles. The van der Waals surface area contributed by atoms with E-state index in [0.29, 0.717) is 6.61 Å². The van der Waals surface area contributed by atoms with Crippen LogP contribution in [0.1, 0.15) is 111 Å². The van der Waals surface area contributed by atoms with E-state index >= 15 is 0 Å². The van der Waals surface area contributed by atoms with Crippen LogP contribution < -0.4 is 29.6 Å². The van der Waals surface area contributed by atoms with Gasteiger partial charge < -0.3 is 11.3 Å². The second-order valence-corrected chi connectivity index (χ2v) is 6.68. The second kappa shape index (κ2) is 23.4. The van der Waals surface area contributed by atoms with E-state index in [1.54, 1.807) is 0 Å². The van der Waals surface area contributed by atoms with Crippen molar-refractivity contribution in [3.63, 3.8) is 0 Å². The van der Waals surface area contributed by atoms with E-state index in [-0.39, 0.29) is 31.0 Å². The molecule has 3 nitrogen and oxygen atoms in total. The van der Waals surface area contributed by atoms with Crippen molar-refractivity contribution in [2.24, 2.45) is 0 Å². The maximum atomic E-state index is 10.7. The topological polar surface area (TPSA) is 46.5 Å². The van der Waals surface area contributed by atoms with E-state index in [1.807, 2.05) is 0 Å². The van der Waals surface area contributed by atoms with E-state index in [4.69, 9.17) is 9.84 Å². The number of hydrogen-bond acceptors (Lipinski definition) is 3. The van der Waals surface area contributed by atoms with Crippen molar-refractivity contribution >= 4 is 5.97 Å². The Labute approximate surface area is 174 Å². The number of aliphatic hydroxyl groups excluding tert-OH is 1. The fourth-order valence-electron chi connectivity index (χ4n) is 2.88. The maximum Gasteiger partial charge on any atom is 1.00 e. The van der Waals surface area contributed by atoms with Crippen molar-refractivity contribution in [2.75, 3.05) is 13.2 Å². The van der Waals surface area contributed by atoms with Crippen molar-refractivity contribution in [1.82, 2.24) is 0 Å². The quantitative estimate of drug-likeness (QED) is 0.234. The molecule has 0 aromatic rings. The molecule has 0 unspecified atom stereocenters. The number of unbranched alkanes of at least 4 members (excludes halogenated alkanes) is 15. The number of carbonyl (C=O) groups is 1. The molecular formula is C20H41NaO3. The molecule has 0 bridgehead atoms. The Morgan fingerprint density at radius 1 is 0.708 bits per heavy atom. The molecule has 1 N–H and O–H groups in total. The fourth-order valence-corrected chi connectivity index (χ4v) is 2.88. The first-order chi connectivity index (χ1) is 11.3. The summed E-state index contributed by atoms with van der Waals surface area (Å²) in [7, 11) is 0. The molecule has 0 saturated carbocycles. The van der Waals surface area contributed by atoms with Crippen LogP contribution in [0.15, 0.2) is 0 Å².